The maximum Gasteiger partial charge on any atom is 0.114 e. The van der Waals surface area contributed by atoms with E-state index in [1.807, 2.05) is 18.7 Å². The highest BCUT2D eigenvalue weighted by atomic mass is 32.2. The molecule has 1 aliphatic rings. The van der Waals surface area contributed by atoms with Crippen molar-refractivity contribution in [3.8, 4) is 0 Å². The topological polar surface area (TPSA) is 25.2 Å². The molecule has 84 valence electrons. The van der Waals surface area contributed by atoms with Crippen molar-refractivity contribution in [1.29, 1.82) is 0 Å². The number of aryl methyl sites for hydroxylation is 1. The van der Waals surface area contributed by atoms with E-state index in [0.29, 0.717) is 0 Å². The van der Waals surface area contributed by atoms with E-state index in [1.165, 1.54) is 23.5 Å². The van der Waals surface area contributed by atoms with E-state index < -0.39 is 0 Å². The van der Waals surface area contributed by atoms with Gasteiger partial charge in [0.15, 0.2) is 0 Å². The Morgan fingerprint density at radius 2 is 2.40 bits per heavy atom. The summed E-state index contributed by atoms with van der Waals surface area (Å²) in [4.78, 5) is 1.29. The first kappa shape index (κ1) is 11.1. The van der Waals surface area contributed by atoms with E-state index >= 15 is 0 Å². The van der Waals surface area contributed by atoms with Gasteiger partial charge in [0.2, 0.25) is 0 Å². The number of furan rings is 1. The van der Waals surface area contributed by atoms with E-state index in [-0.39, 0.29) is 0 Å². The van der Waals surface area contributed by atoms with Gasteiger partial charge in [0, 0.05) is 16.7 Å². The van der Waals surface area contributed by atoms with Crippen LogP contribution in [0, 0.1) is 12.8 Å². The Kier molecular flexibility index (Phi) is 3.76. The molecule has 0 spiro atoms. The van der Waals surface area contributed by atoms with Gasteiger partial charge in [0.05, 0.1) is 6.26 Å². The molecule has 3 heteroatoms. The smallest absolute Gasteiger partial charge is 0.114 e. The number of hydrogen-bond donors (Lipinski definition) is 1. The Morgan fingerprint density at radius 3 is 3.00 bits per heavy atom. The highest BCUT2D eigenvalue weighted by Crippen LogP contribution is 2.25. The molecule has 1 heterocycles. The number of nitrogens with one attached hydrogen (secondary N) is 1. The SMILES string of the molecule is Cc1occc1SCC(C)CNC1CC1. The van der Waals surface area contributed by atoms with Gasteiger partial charge in [-0.25, -0.2) is 0 Å². The summed E-state index contributed by atoms with van der Waals surface area (Å²) in [6, 6.07) is 2.88. The average molecular weight is 225 g/mol. The van der Waals surface area contributed by atoms with Crippen molar-refractivity contribution in [2.45, 2.75) is 37.6 Å². The van der Waals surface area contributed by atoms with Gasteiger partial charge in [-0.2, -0.15) is 0 Å². The molecule has 1 fully saturated rings. The third-order valence-corrected chi connectivity index (χ3v) is 4.14. The van der Waals surface area contributed by atoms with Crippen LogP contribution in [0.3, 0.4) is 0 Å². The molecule has 1 atom stereocenters. The van der Waals surface area contributed by atoms with Crippen LogP contribution in [0.25, 0.3) is 0 Å². The van der Waals surface area contributed by atoms with Crippen molar-refractivity contribution in [1.82, 2.24) is 5.32 Å². The molecule has 2 rings (SSSR count). The predicted molar refractivity (Wildman–Crippen MR) is 64.4 cm³/mol. The van der Waals surface area contributed by atoms with Gasteiger partial charge < -0.3 is 9.73 Å². The van der Waals surface area contributed by atoms with Crippen molar-refractivity contribution in [2.24, 2.45) is 5.92 Å². The van der Waals surface area contributed by atoms with Crippen LogP contribution < -0.4 is 5.32 Å². The number of hydrogen-bond acceptors (Lipinski definition) is 3. The molecule has 1 aliphatic carbocycles. The summed E-state index contributed by atoms with van der Waals surface area (Å²) in [5.41, 5.74) is 0. The van der Waals surface area contributed by atoms with Gasteiger partial charge in [0.1, 0.15) is 5.76 Å². The molecular weight excluding hydrogens is 206 g/mol. The lowest BCUT2D eigenvalue weighted by molar-refractivity contribution is 0.526. The van der Waals surface area contributed by atoms with E-state index in [2.05, 4.69) is 18.3 Å². The molecule has 1 unspecified atom stereocenters. The Hall–Kier alpha value is -0.410. The molecule has 0 aromatic carbocycles. The molecule has 1 aromatic rings. The lowest BCUT2D eigenvalue weighted by Gasteiger charge is -2.11. The lowest BCUT2D eigenvalue weighted by Crippen LogP contribution is -2.24. The van der Waals surface area contributed by atoms with Crippen molar-refractivity contribution < 1.29 is 4.42 Å². The Labute approximate surface area is 95.8 Å². The van der Waals surface area contributed by atoms with Gasteiger partial charge in [0.25, 0.3) is 0 Å². The van der Waals surface area contributed by atoms with E-state index in [9.17, 15) is 0 Å². The summed E-state index contributed by atoms with van der Waals surface area (Å²) in [5, 5.41) is 3.56. The quantitative estimate of drug-likeness (QED) is 0.753. The molecule has 0 saturated heterocycles. The van der Waals surface area contributed by atoms with Crippen molar-refractivity contribution in [3.63, 3.8) is 0 Å². The van der Waals surface area contributed by atoms with Crippen LogP contribution in [-0.4, -0.2) is 18.3 Å². The van der Waals surface area contributed by atoms with Crippen molar-refractivity contribution >= 4 is 11.8 Å². The summed E-state index contributed by atoms with van der Waals surface area (Å²) in [6.07, 6.45) is 4.52. The van der Waals surface area contributed by atoms with Crippen molar-refractivity contribution in [2.75, 3.05) is 12.3 Å². The molecule has 15 heavy (non-hydrogen) atoms. The van der Waals surface area contributed by atoms with Crippen LogP contribution in [0.5, 0.6) is 0 Å². The third-order valence-electron chi connectivity index (χ3n) is 2.67. The fourth-order valence-electron chi connectivity index (χ4n) is 1.47. The summed E-state index contributed by atoms with van der Waals surface area (Å²) < 4.78 is 5.27. The molecule has 1 N–H and O–H groups in total. The van der Waals surface area contributed by atoms with Crippen molar-refractivity contribution in [3.05, 3.63) is 18.1 Å². The van der Waals surface area contributed by atoms with Crippen LogP contribution in [0.15, 0.2) is 21.6 Å². The second kappa shape index (κ2) is 5.08. The maximum absolute atomic E-state index is 5.27. The standard InChI is InChI=1S/C12H19NOS/c1-9(7-13-11-3-4-11)8-15-12-5-6-14-10(12)2/h5-6,9,11,13H,3-4,7-8H2,1-2H3. The highest BCUT2D eigenvalue weighted by Gasteiger charge is 2.20. The largest absolute Gasteiger partial charge is 0.468 e. The molecule has 0 radical (unpaired) electrons. The number of thioether (sulfide) groups is 1. The Balaban J connectivity index is 1.65. The molecular formula is C12H19NOS. The molecule has 2 nitrogen and oxygen atoms in total. The Morgan fingerprint density at radius 1 is 1.60 bits per heavy atom. The van der Waals surface area contributed by atoms with Gasteiger partial charge in [-0.15, -0.1) is 11.8 Å². The summed E-state index contributed by atoms with van der Waals surface area (Å²) in [7, 11) is 0. The summed E-state index contributed by atoms with van der Waals surface area (Å²) in [5.74, 6) is 2.94. The maximum atomic E-state index is 5.27. The average Bonchev–Trinajstić information content (AvgIpc) is 2.96. The van der Waals surface area contributed by atoms with E-state index in [1.54, 1.807) is 6.26 Å². The normalized spacial score (nSPS) is 18.0. The van der Waals surface area contributed by atoms with Crippen LogP contribution >= 0.6 is 11.8 Å². The second-order valence-electron chi connectivity index (χ2n) is 4.44. The molecule has 0 aliphatic heterocycles. The van der Waals surface area contributed by atoms with E-state index in [0.717, 1.165) is 24.3 Å². The summed E-state index contributed by atoms with van der Waals surface area (Å²) >= 11 is 1.90. The first-order chi connectivity index (χ1) is 7.25. The zero-order valence-electron chi connectivity index (χ0n) is 9.45. The fourth-order valence-corrected chi connectivity index (χ4v) is 2.45. The van der Waals surface area contributed by atoms with Crippen LogP contribution in [0.2, 0.25) is 0 Å². The first-order valence-electron chi connectivity index (χ1n) is 5.66. The zero-order valence-corrected chi connectivity index (χ0v) is 10.3. The van der Waals surface area contributed by atoms with Gasteiger partial charge >= 0.3 is 0 Å². The Bertz CT molecular complexity index is 306. The molecule has 0 amide bonds. The molecule has 0 bridgehead atoms. The second-order valence-corrected chi connectivity index (χ2v) is 5.50. The first-order valence-corrected chi connectivity index (χ1v) is 6.64. The lowest BCUT2D eigenvalue weighted by atomic mass is 10.2. The van der Waals surface area contributed by atoms with Gasteiger partial charge in [-0.3, -0.25) is 0 Å². The zero-order chi connectivity index (χ0) is 10.7. The highest BCUT2D eigenvalue weighted by molar-refractivity contribution is 7.99. The van der Waals surface area contributed by atoms with E-state index in [4.69, 9.17) is 4.42 Å². The van der Waals surface area contributed by atoms with Crippen LogP contribution in [-0.2, 0) is 0 Å². The minimum atomic E-state index is 0.727. The van der Waals surface area contributed by atoms with Crippen LogP contribution in [0.4, 0.5) is 0 Å². The predicted octanol–water partition coefficient (Wildman–Crippen LogP) is 3.07. The fraction of sp³-hybridized carbons (Fsp3) is 0.667. The number of rotatable bonds is 6. The third kappa shape index (κ3) is 3.58. The van der Waals surface area contributed by atoms with Crippen LogP contribution in [0.1, 0.15) is 25.5 Å². The molecule has 1 saturated carbocycles. The molecule has 1 aromatic heterocycles. The summed E-state index contributed by atoms with van der Waals surface area (Å²) in [6.45, 7) is 5.47. The van der Waals surface area contributed by atoms with Gasteiger partial charge in [-0.1, -0.05) is 6.92 Å². The minimum Gasteiger partial charge on any atom is -0.468 e. The minimum absolute atomic E-state index is 0.727. The van der Waals surface area contributed by atoms with Gasteiger partial charge in [-0.05, 0) is 38.3 Å². The monoisotopic (exact) mass is 225 g/mol.